The Bertz CT molecular complexity index is 744. The van der Waals surface area contributed by atoms with E-state index in [1.165, 1.54) is 5.56 Å². The number of benzene rings is 1. The van der Waals surface area contributed by atoms with Crippen LogP contribution in [0, 0.1) is 20.8 Å². The van der Waals surface area contributed by atoms with Crippen LogP contribution in [0.15, 0.2) is 43.0 Å². The maximum absolute atomic E-state index is 4.58. The third kappa shape index (κ3) is 2.20. The van der Waals surface area contributed by atoms with Crippen molar-refractivity contribution in [3.05, 3.63) is 59.9 Å². The largest absolute Gasteiger partial charge is 0.244 e. The van der Waals surface area contributed by atoms with Crippen LogP contribution in [0.3, 0.4) is 0 Å². The quantitative estimate of drug-likeness (QED) is 0.713. The lowest BCUT2D eigenvalue weighted by molar-refractivity contribution is 0.834. The first-order valence-corrected chi connectivity index (χ1v) is 6.55. The van der Waals surface area contributed by atoms with E-state index in [0.29, 0.717) is 0 Å². The molecule has 0 aliphatic rings. The molecule has 0 aliphatic heterocycles. The highest BCUT2D eigenvalue weighted by Gasteiger charge is 2.11. The lowest BCUT2D eigenvalue weighted by atomic mass is 10.0. The van der Waals surface area contributed by atoms with Crippen LogP contribution in [0.1, 0.15) is 17.0 Å². The molecular weight excluding hydrogens is 248 g/mol. The smallest absolute Gasteiger partial charge is 0.115 e. The van der Waals surface area contributed by atoms with E-state index < -0.39 is 0 Å². The van der Waals surface area contributed by atoms with Crippen LogP contribution in [0.2, 0.25) is 0 Å². The summed E-state index contributed by atoms with van der Waals surface area (Å²) >= 11 is 0. The van der Waals surface area contributed by atoms with Crippen molar-refractivity contribution in [2.24, 2.45) is 0 Å². The zero-order valence-corrected chi connectivity index (χ0v) is 11.8. The minimum absolute atomic E-state index is 0.995. The van der Waals surface area contributed by atoms with Crippen molar-refractivity contribution in [3.63, 3.8) is 0 Å². The van der Waals surface area contributed by atoms with Crippen molar-refractivity contribution in [2.45, 2.75) is 20.8 Å². The second kappa shape index (κ2) is 4.89. The van der Waals surface area contributed by atoms with Crippen LogP contribution in [0.4, 0.5) is 0 Å². The summed E-state index contributed by atoms with van der Waals surface area (Å²) in [6, 6.07) is 8.41. The van der Waals surface area contributed by atoms with Crippen LogP contribution < -0.4 is 0 Å². The molecule has 100 valence electrons. The molecule has 2 aromatic heterocycles. The molecule has 0 N–H and O–H groups in total. The highest BCUT2D eigenvalue weighted by atomic mass is 15.3. The van der Waals surface area contributed by atoms with Gasteiger partial charge in [0.2, 0.25) is 0 Å². The van der Waals surface area contributed by atoms with Gasteiger partial charge < -0.3 is 0 Å². The Hall–Kier alpha value is -2.49. The van der Waals surface area contributed by atoms with E-state index in [2.05, 4.69) is 53.2 Å². The van der Waals surface area contributed by atoms with Crippen LogP contribution in [0.5, 0.6) is 0 Å². The van der Waals surface area contributed by atoms with Gasteiger partial charge in [0.1, 0.15) is 6.33 Å². The van der Waals surface area contributed by atoms with Crippen LogP contribution in [-0.2, 0) is 0 Å². The number of hydrogen-bond donors (Lipinski definition) is 0. The molecule has 3 rings (SSSR count). The van der Waals surface area contributed by atoms with Crippen molar-refractivity contribution in [2.75, 3.05) is 0 Å². The third-order valence-corrected chi connectivity index (χ3v) is 3.26. The fourth-order valence-electron chi connectivity index (χ4n) is 2.37. The van der Waals surface area contributed by atoms with Gasteiger partial charge in [0, 0.05) is 29.2 Å². The molecule has 0 bridgehead atoms. The molecule has 1 aromatic carbocycles. The first-order chi connectivity index (χ1) is 9.65. The van der Waals surface area contributed by atoms with E-state index in [-0.39, 0.29) is 0 Å². The Morgan fingerprint density at radius 1 is 0.950 bits per heavy atom. The molecule has 20 heavy (non-hydrogen) atoms. The summed E-state index contributed by atoms with van der Waals surface area (Å²) in [7, 11) is 0. The maximum atomic E-state index is 4.58. The SMILES string of the molecule is Cc1ccc(-c2cncnc2)c(-n2nc(C)cc2C)c1. The van der Waals surface area contributed by atoms with Gasteiger partial charge in [-0.25, -0.2) is 14.6 Å². The van der Waals surface area contributed by atoms with E-state index in [9.17, 15) is 0 Å². The molecule has 0 fully saturated rings. The first kappa shape index (κ1) is 12.5. The summed E-state index contributed by atoms with van der Waals surface area (Å²) in [6.07, 6.45) is 5.19. The van der Waals surface area contributed by atoms with Crippen molar-refractivity contribution in [3.8, 4) is 16.8 Å². The van der Waals surface area contributed by atoms with Gasteiger partial charge in [-0.3, -0.25) is 0 Å². The molecule has 2 heterocycles. The average molecular weight is 264 g/mol. The maximum Gasteiger partial charge on any atom is 0.115 e. The van der Waals surface area contributed by atoms with Crippen molar-refractivity contribution in [1.82, 2.24) is 19.7 Å². The van der Waals surface area contributed by atoms with E-state index in [0.717, 1.165) is 28.2 Å². The predicted molar refractivity (Wildman–Crippen MR) is 78.8 cm³/mol. The number of nitrogens with zero attached hydrogens (tertiary/aromatic N) is 4. The van der Waals surface area contributed by atoms with Gasteiger partial charge in [0.25, 0.3) is 0 Å². The van der Waals surface area contributed by atoms with E-state index in [1.54, 1.807) is 6.33 Å². The molecular formula is C16H16N4. The minimum atomic E-state index is 0.995. The molecule has 0 aliphatic carbocycles. The van der Waals surface area contributed by atoms with E-state index in [1.807, 2.05) is 24.0 Å². The molecule has 0 atom stereocenters. The first-order valence-electron chi connectivity index (χ1n) is 6.55. The molecule has 4 nitrogen and oxygen atoms in total. The molecule has 0 saturated carbocycles. The highest BCUT2D eigenvalue weighted by Crippen LogP contribution is 2.27. The fourth-order valence-corrected chi connectivity index (χ4v) is 2.37. The average Bonchev–Trinajstić information content (AvgIpc) is 2.78. The topological polar surface area (TPSA) is 43.6 Å². The summed E-state index contributed by atoms with van der Waals surface area (Å²) in [4.78, 5) is 8.21. The van der Waals surface area contributed by atoms with Crippen LogP contribution in [0.25, 0.3) is 16.8 Å². The number of aryl methyl sites for hydroxylation is 3. The lowest BCUT2D eigenvalue weighted by Crippen LogP contribution is -2.02. The number of rotatable bonds is 2. The number of hydrogen-bond acceptors (Lipinski definition) is 3. The zero-order chi connectivity index (χ0) is 14.1. The Labute approximate surface area is 118 Å². The molecule has 0 unspecified atom stereocenters. The van der Waals surface area contributed by atoms with Gasteiger partial charge in [-0.1, -0.05) is 12.1 Å². The molecule has 4 heteroatoms. The Kier molecular flexibility index (Phi) is 3.06. The zero-order valence-electron chi connectivity index (χ0n) is 11.8. The Morgan fingerprint density at radius 2 is 1.70 bits per heavy atom. The molecule has 0 radical (unpaired) electrons. The summed E-state index contributed by atoms with van der Waals surface area (Å²) in [6.45, 7) is 6.15. The summed E-state index contributed by atoms with van der Waals surface area (Å²) in [5.41, 5.74) is 6.47. The van der Waals surface area contributed by atoms with E-state index >= 15 is 0 Å². The van der Waals surface area contributed by atoms with Gasteiger partial charge in [0.15, 0.2) is 0 Å². The molecule has 0 spiro atoms. The Morgan fingerprint density at radius 3 is 2.35 bits per heavy atom. The molecule has 3 aromatic rings. The van der Waals surface area contributed by atoms with Crippen LogP contribution in [-0.4, -0.2) is 19.7 Å². The van der Waals surface area contributed by atoms with Gasteiger partial charge in [-0.05, 0) is 38.5 Å². The summed E-state index contributed by atoms with van der Waals surface area (Å²) in [5.74, 6) is 0. The number of aromatic nitrogens is 4. The lowest BCUT2D eigenvalue weighted by Gasteiger charge is -2.12. The van der Waals surface area contributed by atoms with Gasteiger partial charge in [0.05, 0.1) is 11.4 Å². The Balaban J connectivity index is 2.25. The highest BCUT2D eigenvalue weighted by molar-refractivity contribution is 5.72. The van der Waals surface area contributed by atoms with Crippen molar-refractivity contribution in [1.29, 1.82) is 0 Å². The predicted octanol–water partition coefficient (Wildman–Crippen LogP) is 3.25. The molecule has 0 saturated heterocycles. The second-order valence-corrected chi connectivity index (χ2v) is 4.99. The fraction of sp³-hybridized carbons (Fsp3) is 0.188. The second-order valence-electron chi connectivity index (χ2n) is 4.99. The monoisotopic (exact) mass is 264 g/mol. The standard InChI is InChI=1S/C16H16N4/c1-11-4-5-15(14-8-17-10-18-9-14)16(6-11)20-13(3)7-12(2)19-20/h4-10H,1-3H3. The van der Waals surface area contributed by atoms with Gasteiger partial charge >= 0.3 is 0 Å². The van der Waals surface area contributed by atoms with E-state index in [4.69, 9.17) is 0 Å². The third-order valence-electron chi connectivity index (χ3n) is 3.26. The normalized spacial score (nSPS) is 10.8. The minimum Gasteiger partial charge on any atom is -0.244 e. The van der Waals surface area contributed by atoms with Gasteiger partial charge in [-0.2, -0.15) is 5.10 Å². The van der Waals surface area contributed by atoms with Crippen molar-refractivity contribution >= 4 is 0 Å². The van der Waals surface area contributed by atoms with Gasteiger partial charge in [-0.15, -0.1) is 0 Å². The summed E-state index contributed by atoms with van der Waals surface area (Å²) in [5, 5.41) is 4.58. The summed E-state index contributed by atoms with van der Waals surface area (Å²) < 4.78 is 1.98. The molecule has 0 amide bonds. The van der Waals surface area contributed by atoms with Crippen LogP contribution >= 0.6 is 0 Å². The van der Waals surface area contributed by atoms with Crippen molar-refractivity contribution < 1.29 is 0 Å².